The van der Waals surface area contributed by atoms with Gasteiger partial charge >= 0.3 is 11.9 Å². The topological polar surface area (TPSA) is 72.8 Å². The van der Waals surface area contributed by atoms with Gasteiger partial charge in [-0.3, -0.25) is 9.59 Å². The molecule has 1 aliphatic rings. The predicted molar refractivity (Wildman–Crippen MR) is 44.0 cm³/mol. The zero-order chi connectivity index (χ0) is 10.1. The summed E-state index contributed by atoms with van der Waals surface area (Å²) < 4.78 is 9.49. The number of para-hydroxylation sites is 1. The van der Waals surface area contributed by atoms with Gasteiger partial charge < -0.3 is 14.6 Å². The van der Waals surface area contributed by atoms with Crippen LogP contribution in [-0.4, -0.2) is 17.0 Å². The number of carbonyl (C=O) groups excluding carboxylic acids is 2. The van der Waals surface area contributed by atoms with E-state index in [2.05, 4.69) is 0 Å². The summed E-state index contributed by atoms with van der Waals surface area (Å²) >= 11 is 0. The smallest absolute Gasteiger partial charge is 0.322 e. The van der Waals surface area contributed by atoms with Gasteiger partial charge in [-0.1, -0.05) is 6.07 Å². The predicted octanol–water partition coefficient (Wildman–Crippen LogP) is 0.607. The molecule has 14 heavy (non-hydrogen) atoms. The molecule has 0 saturated heterocycles. The number of hydrogen-bond donors (Lipinski definition) is 1. The van der Waals surface area contributed by atoms with E-state index in [4.69, 9.17) is 9.47 Å². The summed E-state index contributed by atoms with van der Waals surface area (Å²) in [6.07, 6.45) is -0.450. The van der Waals surface area contributed by atoms with Crippen molar-refractivity contribution < 1.29 is 24.2 Å². The fourth-order valence-corrected chi connectivity index (χ4v) is 1.11. The molecule has 0 unspecified atom stereocenters. The molecule has 0 radical (unpaired) electrons. The molecule has 0 saturated carbocycles. The number of carbonyl (C=O) groups is 2. The van der Waals surface area contributed by atoms with Gasteiger partial charge in [-0.2, -0.15) is 0 Å². The Hall–Kier alpha value is -2.04. The van der Waals surface area contributed by atoms with Crippen molar-refractivity contribution in [1.29, 1.82) is 0 Å². The average Bonchev–Trinajstić information content (AvgIpc) is 2.23. The summed E-state index contributed by atoms with van der Waals surface area (Å²) in [5, 5.41) is 9.32. The molecule has 0 aliphatic carbocycles. The number of esters is 2. The monoisotopic (exact) mass is 194 g/mol. The molecule has 1 aromatic rings. The molecule has 2 rings (SSSR count). The van der Waals surface area contributed by atoms with Crippen LogP contribution in [0.4, 0.5) is 0 Å². The molecule has 0 atom stereocenters. The third-order valence-electron chi connectivity index (χ3n) is 1.69. The summed E-state index contributed by atoms with van der Waals surface area (Å²) in [5.41, 5.74) is 0. The molecule has 5 heteroatoms. The van der Waals surface area contributed by atoms with Crippen molar-refractivity contribution in [3.8, 4) is 17.2 Å². The summed E-state index contributed by atoms with van der Waals surface area (Å²) in [6, 6.07) is 4.26. The van der Waals surface area contributed by atoms with E-state index in [-0.39, 0.29) is 17.2 Å². The standard InChI is InChI=1S/C9H6O5/c10-5-2-1-3-6-9(5)14-8(12)4-7(11)13-6/h1-3,10H,4H2. The van der Waals surface area contributed by atoms with E-state index in [1.807, 2.05) is 0 Å². The summed E-state index contributed by atoms with van der Waals surface area (Å²) in [6.45, 7) is 0. The normalized spacial score (nSPS) is 15.1. The molecule has 1 aliphatic heterocycles. The third-order valence-corrected chi connectivity index (χ3v) is 1.69. The quantitative estimate of drug-likeness (QED) is 0.372. The highest BCUT2D eigenvalue weighted by Gasteiger charge is 2.24. The molecule has 0 aromatic heterocycles. The van der Waals surface area contributed by atoms with Gasteiger partial charge in [0, 0.05) is 0 Å². The second kappa shape index (κ2) is 3.02. The summed E-state index contributed by atoms with van der Waals surface area (Å²) in [4.78, 5) is 21.9. The number of phenols is 1. The van der Waals surface area contributed by atoms with E-state index in [9.17, 15) is 14.7 Å². The Bertz CT molecular complexity index is 410. The highest BCUT2D eigenvalue weighted by molar-refractivity contribution is 5.95. The number of ether oxygens (including phenoxy) is 2. The number of fused-ring (bicyclic) bond motifs is 1. The molecule has 1 N–H and O–H groups in total. The number of aromatic hydroxyl groups is 1. The SMILES string of the molecule is O=C1CC(=O)Oc2c(O)cccc2O1. The fraction of sp³-hybridized carbons (Fsp3) is 0.111. The molecule has 0 bridgehead atoms. The van der Waals surface area contributed by atoms with Crippen molar-refractivity contribution in [1.82, 2.24) is 0 Å². The Balaban J connectivity index is 2.51. The maximum absolute atomic E-state index is 11.0. The van der Waals surface area contributed by atoms with Crippen LogP contribution in [0, 0.1) is 0 Å². The van der Waals surface area contributed by atoms with Crippen LogP contribution < -0.4 is 9.47 Å². The zero-order valence-corrected chi connectivity index (χ0v) is 7.02. The van der Waals surface area contributed by atoms with E-state index in [1.54, 1.807) is 0 Å². The van der Waals surface area contributed by atoms with Gasteiger partial charge in [-0.25, -0.2) is 0 Å². The van der Waals surface area contributed by atoms with Gasteiger partial charge in [0.15, 0.2) is 11.5 Å². The van der Waals surface area contributed by atoms with E-state index in [0.29, 0.717) is 0 Å². The Morgan fingerprint density at radius 2 is 1.86 bits per heavy atom. The van der Waals surface area contributed by atoms with Crippen LogP contribution in [0.3, 0.4) is 0 Å². The molecule has 72 valence electrons. The van der Waals surface area contributed by atoms with E-state index >= 15 is 0 Å². The highest BCUT2D eigenvalue weighted by atomic mass is 16.6. The largest absolute Gasteiger partial charge is 0.504 e. The highest BCUT2D eigenvalue weighted by Crippen LogP contribution is 2.37. The average molecular weight is 194 g/mol. The van der Waals surface area contributed by atoms with Crippen LogP contribution in [0.2, 0.25) is 0 Å². The van der Waals surface area contributed by atoms with Crippen molar-refractivity contribution in [3.05, 3.63) is 18.2 Å². The maximum atomic E-state index is 11.0. The van der Waals surface area contributed by atoms with Crippen LogP contribution in [0.1, 0.15) is 6.42 Å². The molecule has 0 spiro atoms. The van der Waals surface area contributed by atoms with Gasteiger partial charge in [-0.15, -0.1) is 0 Å². The minimum absolute atomic E-state index is 0.0563. The first-order chi connectivity index (χ1) is 6.66. The van der Waals surface area contributed by atoms with Crippen molar-refractivity contribution in [2.45, 2.75) is 6.42 Å². The first kappa shape index (κ1) is 8.55. The van der Waals surface area contributed by atoms with Gasteiger partial charge in [0.05, 0.1) is 0 Å². The lowest BCUT2D eigenvalue weighted by atomic mass is 10.3. The summed E-state index contributed by atoms with van der Waals surface area (Å²) in [5.74, 6) is -1.72. The molecule has 0 amide bonds. The van der Waals surface area contributed by atoms with Crippen molar-refractivity contribution >= 4 is 11.9 Å². The lowest BCUT2D eigenvalue weighted by Gasteiger charge is -2.05. The minimum Gasteiger partial charge on any atom is -0.504 e. The Kier molecular flexibility index (Phi) is 1.85. The van der Waals surface area contributed by atoms with Crippen LogP contribution in [-0.2, 0) is 9.59 Å². The molecule has 1 aromatic carbocycles. The van der Waals surface area contributed by atoms with Crippen LogP contribution in [0.25, 0.3) is 0 Å². The number of benzene rings is 1. The van der Waals surface area contributed by atoms with Gasteiger partial charge in [-0.05, 0) is 12.1 Å². The van der Waals surface area contributed by atoms with Crippen molar-refractivity contribution in [2.75, 3.05) is 0 Å². The lowest BCUT2D eigenvalue weighted by Crippen LogP contribution is -2.13. The fourth-order valence-electron chi connectivity index (χ4n) is 1.11. The Morgan fingerprint density at radius 3 is 2.64 bits per heavy atom. The zero-order valence-electron chi connectivity index (χ0n) is 7.02. The van der Waals surface area contributed by atoms with Crippen LogP contribution in [0.5, 0.6) is 17.2 Å². The molecular formula is C9H6O5. The molecule has 5 nitrogen and oxygen atoms in total. The number of phenolic OH excluding ortho intramolecular Hbond substituents is 1. The second-order valence-electron chi connectivity index (χ2n) is 2.73. The Morgan fingerprint density at radius 1 is 1.14 bits per heavy atom. The molecule has 0 fully saturated rings. The van der Waals surface area contributed by atoms with Crippen molar-refractivity contribution in [3.63, 3.8) is 0 Å². The number of hydrogen-bond acceptors (Lipinski definition) is 5. The van der Waals surface area contributed by atoms with Gasteiger partial charge in [0.25, 0.3) is 0 Å². The van der Waals surface area contributed by atoms with Gasteiger partial charge in [0.2, 0.25) is 5.75 Å². The lowest BCUT2D eigenvalue weighted by molar-refractivity contribution is -0.142. The third kappa shape index (κ3) is 1.39. The van der Waals surface area contributed by atoms with Crippen molar-refractivity contribution in [2.24, 2.45) is 0 Å². The maximum Gasteiger partial charge on any atom is 0.322 e. The Labute approximate surface area is 78.9 Å². The van der Waals surface area contributed by atoms with E-state index in [0.717, 1.165) is 0 Å². The van der Waals surface area contributed by atoms with E-state index < -0.39 is 18.4 Å². The summed E-state index contributed by atoms with van der Waals surface area (Å²) in [7, 11) is 0. The van der Waals surface area contributed by atoms with Crippen LogP contribution in [0.15, 0.2) is 18.2 Å². The first-order valence-electron chi connectivity index (χ1n) is 3.90. The minimum atomic E-state index is -0.741. The molecule has 1 heterocycles. The molecular weight excluding hydrogens is 188 g/mol. The first-order valence-corrected chi connectivity index (χ1v) is 3.90. The van der Waals surface area contributed by atoms with E-state index in [1.165, 1.54) is 18.2 Å². The second-order valence-corrected chi connectivity index (χ2v) is 2.73. The van der Waals surface area contributed by atoms with Crippen LogP contribution >= 0.6 is 0 Å². The van der Waals surface area contributed by atoms with Gasteiger partial charge in [0.1, 0.15) is 6.42 Å². The number of rotatable bonds is 0.